The van der Waals surface area contributed by atoms with Crippen LogP contribution in [0.2, 0.25) is 0 Å². The molecule has 0 unspecified atom stereocenters. The van der Waals surface area contributed by atoms with Crippen LogP contribution in [0.15, 0.2) is 41.5 Å². The summed E-state index contributed by atoms with van der Waals surface area (Å²) in [5.74, 6) is 0. The van der Waals surface area contributed by atoms with Crippen LogP contribution < -0.4 is 5.56 Å². The van der Waals surface area contributed by atoms with Crippen LogP contribution in [0.4, 0.5) is 13.2 Å². The molecule has 0 aromatic carbocycles. The number of aryl methyl sites for hydroxylation is 2. The lowest BCUT2D eigenvalue weighted by molar-refractivity contribution is -0.137. The highest BCUT2D eigenvalue weighted by atomic mass is 19.4. The molecule has 0 N–H and O–H groups in total. The van der Waals surface area contributed by atoms with E-state index in [9.17, 15) is 18.0 Å². The van der Waals surface area contributed by atoms with Crippen molar-refractivity contribution in [3.8, 4) is 0 Å². The maximum Gasteiger partial charge on any atom is 0.416 e. The quantitative estimate of drug-likeness (QED) is 0.868. The average molecular weight is 296 g/mol. The van der Waals surface area contributed by atoms with Crippen LogP contribution in [-0.4, -0.2) is 9.55 Å². The standard InChI is InChI=1S/C15H15F3N2O/c1-11-8-13(15(16,17)18)9-14(21)20(11)7-3-5-12-4-2-6-19-10-12/h2,4,6,8-10H,3,5,7H2,1H3. The normalized spacial score (nSPS) is 11.6. The van der Waals surface area contributed by atoms with Crippen molar-refractivity contribution in [3.05, 3.63) is 63.8 Å². The molecule has 0 saturated heterocycles. The Kier molecular flexibility index (Phi) is 4.45. The molecule has 0 amide bonds. The lowest BCUT2D eigenvalue weighted by atomic mass is 10.1. The van der Waals surface area contributed by atoms with Gasteiger partial charge in [0.05, 0.1) is 5.56 Å². The van der Waals surface area contributed by atoms with Crippen LogP contribution in [0.3, 0.4) is 0 Å². The second-order valence-electron chi connectivity index (χ2n) is 4.84. The Morgan fingerprint density at radius 2 is 2.05 bits per heavy atom. The molecule has 112 valence electrons. The van der Waals surface area contributed by atoms with Gasteiger partial charge in [0.1, 0.15) is 0 Å². The molecule has 2 rings (SSSR count). The molecule has 0 bridgehead atoms. The summed E-state index contributed by atoms with van der Waals surface area (Å²) in [5, 5.41) is 0. The predicted octanol–water partition coefficient (Wildman–Crippen LogP) is 3.20. The topological polar surface area (TPSA) is 34.9 Å². The maximum atomic E-state index is 12.6. The van der Waals surface area contributed by atoms with E-state index in [-0.39, 0.29) is 0 Å². The largest absolute Gasteiger partial charge is 0.416 e. The van der Waals surface area contributed by atoms with Crippen LogP contribution in [0.5, 0.6) is 0 Å². The molecule has 0 aliphatic carbocycles. The molecule has 0 spiro atoms. The molecule has 2 aromatic heterocycles. The smallest absolute Gasteiger partial charge is 0.313 e. The van der Waals surface area contributed by atoms with Gasteiger partial charge in [0, 0.05) is 30.7 Å². The fourth-order valence-electron chi connectivity index (χ4n) is 2.17. The van der Waals surface area contributed by atoms with Crippen LogP contribution in [-0.2, 0) is 19.1 Å². The van der Waals surface area contributed by atoms with Crippen molar-refractivity contribution in [1.29, 1.82) is 0 Å². The van der Waals surface area contributed by atoms with Crippen molar-refractivity contribution >= 4 is 0 Å². The fourth-order valence-corrected chi connectivity index (χ4v) is 2.17. The predicted molar refractivity (Wildman–Crippen MR) is 73.0 cm³/mol. The number of pyridine rings is 2. The molecule has 0 aliphatic heterocycles. The van der Waals surface area contributed by atoms with E-state index in [2.05, 4.69) is 4.98 Å². The average Bonchev–Trinajstić information content (AvgIpc) is 2.42. The van der Waals surface area contributed by atoms with Gasteiger partial charge in [-0.1, -0.05) is 6.07 Å². The van der Waals surface area contributed by atoms with Gasteiger partial charge in [-0.15, -0.1) is 0 Å². The Bertz CT molecular complexity index is 663. The Balaban J connectivity index is 2.09. The van der Waals surface area contributed by atoms with Gasteiger partial charge in [-0.05, 0) is 37.5 Å². The molecule has 0 saturated carbocycles. The van der Waals surface area contributed by atoms with E-state index in [1.54, 1.807) is 12.4 Å². The van der Waals surface area contributed by atoms with Gasteiger partial charge in [0.15, 0.2) is 0 Å². The zero-order valence-electron chi connectivity index (χ0n) is 11.5. The minimum absolute atomic E-state index is 0.320. The summed E-state index contributed by atoms with van der Waals surface area (Å²) in [4.78, 5) is 15.8. The highest BCUT2D eigenvalue weighted by Crippen LogP contribution is 2.28. The van der Waals surface area contributed by atoms with E-state index in [1.165, 1.54) is 11.5 Å². The van der Waals surface area contributed by atoms with Crippen molar-refractivity contribution in [2.24, 2.45) is 0 Å². The van der Waals surface area contributed by atoms with E-state index >= 15 is 0 Å². The van der Waals surface area contributed by atoms with E-state index in [0.29, 0.717) is 24.7 Å². The zero-order valence-corrected chi connectivity index (χ0v) is 11.5. The highest BCUT2D eigenvalue weighted by molar-refractivity contribution is 5.20. The zero-order chi connectivity index (χ0) is 15.5. The highest BCUT2D eigenvalue weighted by Gasteiger charge is 2.31. The third-order valence-electron chi connectivity index (χ3n) is 3.23. The lowest BCUT2D eigenvalue weighted by Crippen LogP contribution is -2.24. The van der Waals surface area contributed by atoms with E-state index in [4.69, 9.17) is 0 Å². The Morgan fingerprint density at radius 1 is 1.29 bits per heavy atom. The first-order valence-corrected chi connectivity index (χ1v) is 6.55. The molecule has 6 heteroatoms. The molecule has 0 atom stereocenters. The molecule has 0 radical (unpaired) electrons. The van der Waals surface area contributed by atoms with Gasteiger partial charge < -0.3 is 4.57 Å². The molecule has 3 nitrogen and oxygen atoms in total. The van der Waals surface area contributed by atoms with Gasteiger partial charge in [-0.25, -0.2) is 0 Å². The van der Waals surface area contributed by atoms with E-state index in [0.717, 1.165) is 18.1 Å². The summed E-state index contributed by atoms with van der Waals surface area (Å²) in [6.45, 7) is 1.90. The minimum atomic E-state index is -4.49. The van der Waals surface area contributed by atoms with Gasteiger partial charge in [0.25, 0.3) is 5.56 Å². The van der Waals surface area contributed by atoms with Crippen LogP contribution >= 0.6 is 0 Å². The van der Waals surface area contributed by atoms with E-state index < -0.39 is 17.3 Å². The van der Waals surface area contributed by atoms with E-state index in [1.807, 2.05) is 12.1 Å². The Labute approximate surface area is 120 Å². The first kappa shape index (κ1) is 15.3. The first-order chi connectivity index (χ1) is 9.88. The number of hydrogen-bond acceptors (Lipinski definition) is 2. The van der Waals surface area contributed by atoms with Crippen LogP contribution in [0.25, 0.3) is 0 Å². The molecule has 21 heavy (non-hydrogen) atoms. The summed E-state index contributed by atoms with van der Waals surface area (Å²) < 4.78 is 39.2. The molecular formula is C15H15F3N2O. The number of nitrogens with zero attached hydrogens (tertiary/aromatic N) is 2. The number of hydrogen-bond donors (Lipinski definition) is 0. The van der Waals surface area contributed by atoms with Crippen molar-refractivity contribution in [2.75, 3.05) is 0 Å². The molecule has 0 fully saturated rings. The number of halogens is 3. The third-order valence-corrected chi connectivity index (χ3v) is 3.23. The molecular weight excluding hydrogens is 281 g/mol. The summed E-state index contributed by atoms with van der Waals surface area (Å²) in [5.41, 5.74) is -0.154. The van der Waals surface area contributed by atoms with Gasteiger partial charge >= 0.3 is 6.18 Å². The monoisotopic (exact) mass is 296 g/mol. The molecule has 2 aromatic rings. The SMILES string of the molecule is Cc1cc(C(F)(F)F)cc(=O)n1CCCc1cccnc1. The summed E-state index contributed by atoms with van der Waals surface area (Å²) in [7, 11) is 0. The third kappa shape index (κ3) is 3.93. The minimum Gasteiger partial charge on any atom is -0.313 e. The lowest BCUT2D eigenvalue weighted by Gasteiger charge is -2.13. The number of aromatic nitrogens is 2. The maximum absolute atomic E-state index is 12.6. The number of rotatable bonds is 4. The number of alkyl halides is 3. The summed E-state index contributed by atoms with van der Waals surface area (Å²) >= 11 is 0. The first-order valence-electron chi connectivity index (χ1n) is 6.55. The Hall–Kier alpha value is -2.11. The van der Waals surface area contributed by atoms with Gasteiger partial charge in [0.2, 0.25) is 0 Å². The summed E-state index contributed by atoms with van der Waals surface area (Å²) in [6.07, 6.45) is 0.313. The second-order valence-corrected chi connectivity index (χ2v) is 4.84. The van der Waals surface area contributed by atoms with Crippen molar-refractivity contribution in [1.82, 2.24) is 9.55 Å². The van der Waals surface area contributed by atoms with Crippen LogP contribution in [0.1, 0.15) is 23.2 Å². The molecule has 2 heterocycles. The van der Waals surface area contributed by atoms with Gasteiger partial charge in [-0.2, -0.15) is 13.2 Å². The summed E-state index contributed by atoms with van der Waals surface area (Å²) in [6, 6.07) is 5.41. The van der Waals surface area contributed by atoms with Crippen molar-refractivity contribution in [2.45, 2.75) is 32.5 Å². The van der Waals surface area contributed by atoms with Gasteiger partial charge in [-0.3, -0.25) is 9.78 Å². The van der Waals surface area contributed by atoms with Crippen molar-refractivity contribution in [3.63, 3.8) is 0 Å². The fraction of sp³-hybridized carbons (Fsp3) is 0.333. The van der Waals surface area contributed by atoms with Crippen LogP contribution in [0, 0.1) is 6.92 Å². The van der Waals surface area contributed by atoms with Crippen molar-refractivity contribution < 1.29 is 13.2 Å². The molecule has 0 aliphatic rings. The second kappa shape index (κ2) is 6.11. The Morgan fingerprint density at radius 3 is 2.62 bits per heavy atom.